The highest BCUT2D eigenvalue weighted by Gasteiger charge is 1.86. The molecule has 0 aliphatic carbocycles. The predicted molar refractivity (Wildman–Crippen MR) is 36.3 cm³/mol. The van der Waals surface area contributed by atoms with Crippen molar-refractivity contribution in [3.63, 3.8) is 0 Å². The first kappa shape index (κ1) is 6.10. The highest BCUT2D eigenvalue weighted by Crippen LogP contribution is 1.94. The summed E-state index contributed by atoms with van der Waals surface area (Å²) in [6.07, 6.45) is 3.17. The lowest BCUT2D eigenvalue weighted by molar-refractivity contribution is 0.532. The fraction of sp³-hybridized carbons (Fsp3) is 0. The molecule has 0 spiro atoms. The van der Waals surface area contributed by atoms with Gasteiger partial charge in [-0.15, -0.1) is 0 Å². The summed E-state index contributed by atoms with van der Waals surface area (Å²) in [5, 5.41) is 0. The summed E-state index contributed by atoms with van der Waals surface area (Å²) in [6.45, 7) is 0. The van der Waals surface area contributed by atoms with Crippen LogP contribution < -0.4 is 4.74 Å². The minimum atomic E-state index is 0.285. The second-order valence-electron chi connectivity index (χ2n) is 1.25. The van der Waals surface area contributed by atoms with Crippen molar-refractivity contribution in [2.75, 3.05) is 0 Å². The summed E-state index contributed by atoms with van der Waals surface area (Å²) in [6, 6.07) is 1.99. The van der Waals surface area contributed by atoms with Gasteiger partial charge in [0.25, 0.3) is 0 Å². The molecule has 0 atom stereocenters. The Morgan fingerprint density at radius 1 is 1.44 bits per heavy atom. The van der Waals surface area contributed by atoms with Crippen molar-refractivity contribution < 1.29 is 4.74 Å². The van der Waals surface area contributed by atoms with Crippen molar-refractivity contribution in [3.05, 3.63) is 18.5 Å². The standard InChI is InChI=1S/C5H4N2OS/c9-4-8-5-6-2-1-3-7-5/h1-4H. The van der Waals surface area contributed by atoms with E-state index in [-0.39, 0.29) is 6.01 Å². The highest BCUT2D eigenvalue weighted by atomic mass is 32.1. The molecule has 1 aromatic rings. The molecule has 0 aliphatic heterocycles. The SMILES string of the molecule is S=COc1ncccn1. The lowest BCUT2D eigenvalue weighted by Gasteiger charge is -1.90. The van der Waals surface area contributed by atoms with E-state index in [2.05, 4.69) is 26.9 Å². The molecule has 0 amide bonds. The van der Waals surface area contributed by atoms with Gasteiger partial charge in [-0.2, -0.15) is 0 Å². The molecule has 0 saturated carbocycles. The van der Waals surface area contributed by atoms with Crippen LogP contribution in [0.25, 0.3) is 0 Å². The quantitative estimate of drug-likeness (QED) is 0.569. The monoisotopic (exact) mass is 140 g/mol. The zero-order chi connectivity index (χ0) is 6.53. The number of hydrogen-bond donors (Lipinski definition) is 0. The highest BCUT2D eigenvalue weighted by molar-refractivity contribution is 7.78. The Balaban J connectivity index is 2.72. The zero-order valence-electron chi connectivity index (χ0n) is 4.52. The number of rotatable bonds is 2. The minimum Gasteiger partial charge on any atom is -0.420 e. The smallest absolute Gasteiger partial charge is 0.322 e. The van der Waals surface area contributed by atoms with E-state index in [1.165, 1.54) is 0 Å². The molecule has 4 heteroatoms. The molecule has 46 valence electrons. The van der Waals surface area contributed by atoms with Gasteiger partial charge in [-0.25, -0.2) is 9.97 Å². The lowest BCUT2D eigenvalue weighted by atomic mass is 10.7. The van der Waals surface area contributed by atoms with Crippen LogP contribution in [0.2, 0.25) is 0 Å². The molecule has 1 heterocycles. The second kappa shape index (κ2) is 3.09. The largest absolute Gasteiger partial charge is 0.420 e. The van der Waals surface area contributed by atoms with Gasteiger partial charge in [0.15, 0.2) is 5.55 Å². The third-order valence-electron chi connectivity index (χ3n) is 0.696. The first-order valence-electron chi connectivity index (χ1n) is 2.31. The van der Waals surface area contributed by atoms with E-state index in [0.717, 1.165) is 5.55 Å². The number of thiocarbonyl (C=S) groups is 1. The van der Waals surface area contributed by atoms with E-state index >= 15 is 0 Å². The topological polar surface area (TPSA) is 35.0 Å². The Morgan fingerprint density at radius 2 is 2.11 bits per heavy atom. The van der Waals surface area contributed by atoms with Crippen molar-refractivity contribution in [1.29, 1.82) is 0 Å². The summed E-state index contributed by atoms with van der Waals surface area (Å²) < 4.78 is 4.67. The van der Waals surface area contributed by atoms with E-state index in [0.29, 0.717) is 0 Å². The second-order valence-corrected chi connectivity index (χ2v) is 1.44. The molecular formula is C5H4N2OS. The van der Waals surface area contributed by atoms with Crippen LogP contribution >= 0.6 is 12.2 Å². The Hall–Kier alpha value is -1.03. The molecule has 3 nitrogen and oxygen atoms in total. The number of ether oxygens (including phenoxy) is 1. The first-order valence-corrected chi connectivity index (χ1v) is 2.78. The van der Waals surface area contributed by atoms with Crippen molar-refractivity contribution in [2.24, 2.45) is 0 Å². The van der Waals surface area contributed by atoms with Crippen LogP contribution in [0.15, 0.2) is 18.5 Å². The zero-order valence-corrected chi connectivity index (χ0v) is 5.34. The maximum absolute atomic E-state index is 4.67. The van der Waals surface area contributed by atoms with E-state index in [9.17, 15) is 0 Å². The molecule has 0 aliphatic rings. The van der Waals surface area contributed by atoms with Crippen molar-refractivity contribution >= 4 is 17.8 Å². The first-order chi connectivity index (χ1) is 4.43. The van der Waals surface area contributed by atoms with Crippen molar-refractivity contribution in [2.45, 2.75) is 0 Å². The molecule has 0 aromatic carbocycles. The Bertz CT molecular complexity index is 189. The fourth-order valence-corrected chi connectivity index (χ4v) is 0.475. The maximum atomic E-state index is 4.67. The summed E-state index contributed by atoms with van der Waals surface area (Å²) >= 11 is 4.41. The average Bonchev–Trinajstić information content (AvgIpc) is 1.91. The summed E-state index contributed by atoms with van der Waals surface area (Å²) in [5.41, 5.74) is 1.12. The predicted octanol–water partition coefficient (Wildman–Crippen LogP) is 0.813. The van der Waals surface area contributed by atoms with Gasteiger partial charge in [-0.1, -0.05) is 0 Å². The normalized spacial score (nSPS) is 8.44. The van der Waals surface area contributed by atoms with Gasteiger partial charge in [0.05, 0.1) is 0 Å². The fourth-order valence-electron chi connectivity index (χ4n) is 0.389. The molecule has 1 aromatic heterocycles. The molecular weight excluding hydrogens is 136 g/mol. The molecule has 0 fully saturated rings. The van der Waals surface area contributed by atoms with E-state index < -0.39 is 0 Å². The van der Waals surface area contributed by atoms with Crippen LogP contribution in [0, 0.1) is 0 Å². The van der Waals surface area contributed by atoms with E-state index in [1.54, 1.807) is 18.5 Å². The van der Waals surface area contributed by atoms with E-state index in [1.807, 2.05) is 0 Å². The van der Waals surface area contributed by atoms with Gasteiger partial charge in [-0.3, -0.25) is 0 Å². The number of hydrogen-bond acceptors (Lipinski definition) is 4. The van der Waals surface area contributed by atoms with Crippen LogP contribution in [-0.2, 0) is 0 Å². The Morgan fingerprint density at radius 3 is 2.67 bits per heavy atom. The molecule has 0 saturated heterocycles. The molecule has 0 N–H and O–H groups in total. The van der Waals surface area contributed by atoms with Crippen molar-refractivity contribution in [1.82, 2.24) is 9.97 Å². The summed E-state index contributed by atoms with van der Waals surface area (Å²) in [5.74, 6) is 0. The summed E-state index contributed by atoms with van der Waals surface area (Å²) in [7, 11) is 0. The van der Waals surface area contributed by atoms with Crippen molar-refractivity contribution in [3.8, 4) is 6.01 Å². The molecule has 9 heavy (non-hydrogen) atoms. The minimum absolute atomic E-state index is 0.285. The van der Waals surface area contributed by atoms with Crippen LogP contribution in [0.3, 0.4) is 0 Å². The maximum Gasteiger partial charge on any atom is 0.322 e. The number of nitrogens with zero attached hydrogens (tertiary/aromatic N) is 2. The van der Waals surface area contributed by atoms with E-state index in [4.69, 9.17) is 0 Å². The molecule has 0 unspecified atom stereocenters. The Kier molecular flexibility index (Phi) is 2.09. The Labute approximate surface area is 57.7 Å². The lowest BCUT2D eigenvalue weighted by Crippen LogP contribution is -1.91. The molecule has 0 radical (unpaired) electrons. The third-order valence-corrected chi connectivity index (χ3v) is 0.792. The van der Waals surface area contributed by atoms with Crippen LogP contribution in [-0.4, -0.2) is 15.5 Å². The van der Waals surface area contributed by atoms with Crippen LogP contribution in [0.1, 0.15) is 0 Å². The van der Waals surface area contributed by atoms with Gasteiger partial charge < -0.3 is 4.74 Å². The molecule has 0 bridgehead atoms. The van der Waals surface area contributed by atoms with Crippen LogP contribution in [0.5, 0.6) is 6.01 Å². The van der Waals surface area contributed by atoms with Gasteiger partial charge in [-0.05, 0) is 18.3 Å². The van der Waals surface area contributed by atoms with Gasteiger partial charge >= 0.3 is 6.01 Å². The number of aromatic nitrogens is 2. The third kappa shape index (κ3) is 1.73. The van der Waals surface area contributed by atoms with Crippen LogP contribution in [0.4, 0.5) is 0 Å². The summed E-state index contributed by atoms with van der Waals surface area (Å²) in [4.78, 5) is 7.47. The van der Waals surface area contributed by atoms with Gasteiger partial charge in [0.1, 0.15) is 0 Å². The average molecular weight is 140 g/mol. The van der Waals surface area contributed by atoms with Gasteiger partial charge in [0, 0.05) is 12.4 Å². The molecule has 1 rings (SSSR count). The van der Waals surface area contributed by atoms with Gasteiger partial charge in [0.2, 0.25) is 0 Å².